The summed E-state index contributed by atoms with van der Waals surface area (Å²) in [6, 6.07) is 29.8. The van der Waals surface area contributed by atoms with Crippen LogP contribution in [0.15, 0.2) is 118 Å². The number of hydrogen-bond acceptors (Lipinski definition) is 14. The van der Waals surface area contributed by atoms with Gasteiger partial charge < -0.3 is 38.0 Å². The van der Waals surface area contributed by atoms with E-state index in [4.69, 9.17) is 57.2 Å². The molecule has 0 saturated heterocycles. The molecule has 0 bridgehead atoms. The van der Waals surface area contributed by atoms with Crippen molar-refractivity contribution in [2.24, 2.45) is 20.5 Å². The summed E-state index contributed by atoms with van der Waals surface area (Å²) < 4.78 is 46.4. The van der Waals surface area contributed by atoms with Gasteiger partial charge in [-0.25, -0.2) is 0 Å². The fraction of sp³-hybridized carbons (Fsp3) is 0.250. The molecular weight excluding hydrogens is 1050 g/mol. The van der Waals surface area contributed by atoms with E-state index < -0.39 is 49.4 Å². The van der Waals surface area contributed by atoms with Crippen molar-refractivity contribution in [3.63, 3.8) is 0 Å². The first-order valence-corrected chi connectivity index (χ1v) is 30.6. The van der Waals surface area contributed by atoms with Gasteiger partial charge in [0, 0.05) is 17.3 Å². The van der Waals surface area contributed by atoms with Crippen molar-refractivity contribution in [2.75, 3.05) is 47.4 Å². The van der Waals surface area contributed by atoms with Crippen molar-refractivity contribution >= 4 is 97.0 Å². The van der Waals surface area contributed by atoms with Gasteiger partial charge in [-0.1, -0.05) is 57.2 Å². The van der Waals surface area contributed by atoms with Crippen LogP contribution in [0.3, 0.4) is 0 Å². The number of azide groups is 1. The second kappa shape index (κ2) is 34.9. The number of benzene rings is 4. The summed E-state index contributed by atoms with van der Waals surface area (Å²) >= 11 is 10.4. The maximum absolute atomic E-state index is 10.9. The summed E-state index contributed by atoms with van der Waals surface area (Å²) in [6.45, 7) is 2.01. The molecule has 4 rings (SSSR count). The van der Waals surface area contributed by atoms with Crippen molar-refractivity contribution in [1.29, 1.82) is 0 Å². The van der Waals surface area contributed by atoms with Crippen molar-refractivity contribution < 1.29 is 106 Å². The molecule has 0 fully saturated rings. The Hall–Kier alpha value is -1.25. The predicted octanol–water partition coefficient (Wildman–Crippen LogP) is 2.04. The van der Waals surface area contributed by atoms with Gasteiger partial charge >= 0.3 is 73.3 Å². The van der Waals surface area contributed by atoms with Crippen molar-refractivity contribution in [3.8, 4) is 17.2 Å². The van der Waals surface area contributed by atoms with E-state index in [1.807, 2.05) is 79.7 Å². The Morgan fingerprint density at radius 1 is 0.758 bits per heavy atom. The summed E-state index contributed by atoms with van der Waals surface area (Å²) in [5, 5.41) is 15.2. The van der Waals surface area contributed by atoms with Gasteiger partial charge in [-0.2, -0.15) is 9.44 Å². The number of hydrogen-bond donors (Lipinski definition) is 2. The molecule has 19 nitrogen and oxygen atoms in total. The summed E-state index contributed by atoms with van der Waals surface area (Å²) in [5.41, 5.74) is 12.8. The number of nitrogens with zero attached hydrogens (tertiary/aromatic N) is 9. The quantitative estimate of drug-likeness (QED) is 0.0230. The Morgan fingerprint density at radius 2 is 1.20 bits per heavy atom. The molecule has 0 aromatic heterocycles. The summed E-state index contributed by atoms with van der Waals surface area (Å²) in [4.78, 5) is 42.8. The summed E-state index contributed by atoms with van der Waals surface area (Å²) in [7, 11) is -0.229. The Labute approximate surface area is 447 Å². The Bertz CT molecular complexity index is 2290. The van der Waals surface area contributed by atoms with E-state index in [2.05, 4.69) is 43.3 Å². The zero-order chi connectivity index (χ0) is 47.7. The molecular formula is C36H48N9Na2O10P7S2+2. The van der Waals surface area contributed by atoms with E-state index in [0.29, 0.717) is 12.2 Å². The van der Waals surface area contributed by atoms with Gasteiger partial charge in [0.2, 0.25) is 23.6 Å². The van der Waals surface area contributed by atoms with E-state index in [9.17, 15) is 18.9 Å². The SMILES string of the molecule is CO[P+](=S)N(C)/N=C/c1ccc(OP(P)P)cc1.COc1ccc(/C=N/N(C)[P+](=S)Oc2ccc(C=NN=[N+]=[N-])cc2)cc1.Cc1ccc(CCN(CP(=O)([O-])O)CP(=O)([O-])O)cc1.[Na+].[Na+]. The standard InChI is InChI=1S/C16H16N6O2PS.C11H19NO6P2.C9H15N2O2P4S.2Na/c1-22(19-12-14-3-7-15(23-2)8-4-14)25(26)24-16-9-5-13(6-10-16)11-18-21-20-17;1-10-2-4-11(5-3-10)6-7-12(8-19(13,14)15)9-20(16,17)18;1-11(16(18)12-2)10-7-8-3-5-9(6-4-8)13-17(14)15;;/h3-12H,1-2H3;2-5H,6-9H2,1H3,(H2,13,14,15)(H2,16,17,18);3-7H,14-15H2,1-2H3;;/q+1;;3*+1/p-2/b18-11?,19-12+;;10-7+;;. The third-order valence-corrected chi connectivity index (χ3v) is 14.0. The average Bonchev–Trinajstić information content (AvgIpc) is 3.24. The number of rotatable bonds is 21. The molecule has 66 heavy (non-hydrogen) atoms. The minimum atomic E-state index is -4.63. The van der Waals surface area contributed by atoms with Gasteiger partial charge in [0.25, 0.3) is 0 Å². The van der Waals surface area contributed by atoms with Gasteiger partial charge in [-0.15, -0.1) is 15.7 Å². The Balaban J connectivity index is 0.000000965. The first-order chi connectivity index (χ1) is 30.2. The zero-order valence-corrected chi connectivity index (χ0v) is 49.6. The van der Waals surface area contributed by atoms with Crippen LogP contribution in [0.5, 0.6) is 17.2 Å². The molecule has 0 aliphatic rings. The number of aryl methyl sites for hydroxylation is 1. The van der Waals surface area contributed by atoms with Gasteiger partial charge in [0.1, 0.15) is 34.2 Å². The Kier molecular flexibility index (Phi) is 34.3. The van der Waals surface area contributed by atoms with Gasteiger partial charge in [-0.3, -0.25) is 9.42 Å². The minimum Gasteiger partial charge on any atom is -0.778 e. The second-order valence-corrected chi connectivity index (χ2v) is 26.1. The van der Waals surface area contributed by atoms with Crippen LogP contribution in [0.4, 0.5) is 0 Å². The largest absolute Gasteiger partial charge is 1.00 e. The molecule has 0 spiro atoms. The molecule has 0 aliphatic carbocycles. The second-order valence-electron chi connectivity index (χ2n) is 12.7. The predicted molar refractivity (Wildman–Crippen MR) is 267 cm³/mol. The molecule has 0 amide bonds. The molecule has 344 valence electrons. The van der Waals surface area contributed by atoms with E-state index in [-0.39, 0.29) is 65.7 Å². The van der Waals surface area contributed by atoms with Crippen molar-refractivity contribution in [3.05, 3.63) is 135 Å². The summed E-state index contributed by atoms with van der Waals surface area (Å²) in [5.74, 6) is 2.26. The number of methoxy groups -OCH3 is 1. The van der Waals surface area contributed by atoms with E-state index in [1.165, 1.54) is 6.21 Å². The van der Waals surface area contributed by atoms with Gasteiger partial charge in [0.15, 0.2) is 12.0 Å². The number of hydrazone groups is 2. The van der Waals surface area contributed by atoms with Gasteiger partial charge in [-0.05, 0) is 108 Å². The maximum Gasteiger partial charge on any atom is 1.00 e. The van der Waals surface area contributed by atoms with Crippen LogP contribution in [0.2, 0.25) is 0 Å². The molecule has 0 heterocycles. The van der Waals surface area contributed by atoms with Crippen molar-refractivity contribution in [1.82, 2.24) is 14.5 Å². The van der Waals surface area contributed by atoms with Crippen molar-refractivity contribution in [2.45, 2.75) is 13.3 Å². The molecule has 6 unspecified atom stereocenters. The molecule has 6 atom stereocenters. The smallest absolute Gasteiger partial charge is 0.778 e. The van der Waals surface area contributed by atoms with E-state index >= 15 is 0 Å². The molecule has 30 heteroatoms. The van der Waals surface area contributed by atoms with Crippen LogP contribution in [0, 0.1) is 6.92 Å². The van der Waals surface area contributed by atoms with Gasteiger partial charge in [0.05, 0.1) is 53.3 Å². The van der Waals surface area contributed by atoms with Crippen LogP contribution in [0.1, 0.15) is 27.8 Å². The monoisotopic (exact) mass is 1090 g/mol. The molecule has 4 aromatic rings. The topological polar surface area (TPSA) is 253 Å². The fourth-order valence-corrected chi connectivity index (χ4v) is 8.73. The molecule has 0 radical (unpaired) electrons. The first-order valence-electron chi connectivity index (χ1n) is 18.1. The average molecular weight is 1090 g/mol. The van der Waals surface area contributed by atoms with Crippen LogP contribution < -0.4 is 82.7 Å². The first kappa shape index (κ1) is 64.8. The molecule has 4 aromatic carbocycles. The molecule has 0 aliphatic heterocycles. The fourth-order valence-electron chi connectivity index (χ4n) is 4.54. The Morgan fingerprint density at radius 3 is 1.62 bits per heavy atom. The molecule has 0 saturated carbocycles. The summed E-state index contributed by atoms with van der Waals surface area (Å²) in [6.07, 6.45) is 3.68. The zero-order valence-electron chi connectivity index (χ0n) is 37.2. The molecule has 2 N–H and O–H groups in total. The van der Waals surface area contributed by atoms with E-state index in [0.717, 1.165) is 44.2 Å². The number of ether oxygens (including phenoxy) is 1. The van der Waals surface area contributed by atoms with Crippen LogP contribution >= 0.6 is 54.7 Å². The van der Waals surface area contributed by atoms with Crippen LogP contribution in [-0.4, -0.2) is 90.3 Å². The maximum atomic E-state index is 10.9. The third-order valence-electron chi connectivity index (χ3n) is 7.54. The minimum absolute atomic E-state index is 0. The van der Waals surface area contributed by atoms with Crippen LogP contribution in [0.25, 0.3) is 10.4 Å². The normalized spacial score (nSPS) is 13.0. The third kappa shape index (κ3) is 30.4. The van der Waals surface area contributed by atoms with Crippen LogP contribution in [-0.2, 0) is 43.7 Å². The van der Waals surface area contributed by atoms with E-state index in [1.54, 1.807) is 74.6 Å².